The third-order valence-electron chi connectivity index (χ3n) is 5.61. The molecule has 0 radical (unpaired) electrons. The van der Waals surface area contributed by atoms with Crippen molar-refractivity contribution in [1.29, 1.82) is 0 Å². The van der Waals surface area contributed by atoms with Gasteiger partial charge in [0.05, 0.1) is 11.9 Å². The molecule has 0 amide bonds. The minimum atomic E-state index is 0. The van der Waals surface area contributed by atoms with E-state index in [1.165, 1.54) is 29.9 Å². The maximum absolute atomic E-state index is 4.89. The number of guanidine groups is 1. The highest BCUT2D eigenvalue weighted by molar-refractivity contribution is 14.0. The summed E-state index contributed by atoms with van der Waals surface area (Å²) in [6.07, 6.45) is 12.1. The summed E-state index contributed by atoms with van der Waals surface area (Å²) < 4.78 is 4.22. The van der Waals surface area contributed by atoms with Crippen molar-refractivity contribution < 1.29 is 0 Å². The molecule has 0 bridgehead atoms. The van der Waals surface area contributed by atoms with Crippen LogP contribution in [-0.4, -0.2) is 56.4 Å². The Kier molecular flexibility index (Phi) is 7.36. The van der Waals surface area contributed by atoms with Crippen molar-refractivity contribution in [2.75, 3.05) is 26.2 Å². The molecule has 0 aromatic carbocycles. The van der Waals surface area contributed by atoms with Gasteiger partial charge in [0, 0.05) is 70.9 Å². The maximum Gasteiger partial charge on any atom is 0.193 e. The second-order valence-corrected chi connectivity index (χ2v) is 7.66. The number of hydrogen-bond acceptors (Lipinski definition) is 3. The van der Waals surface area contributed by atoms with Gasteiger partial charge >= 0.3 is 0 Å². The number of halogens is 1. The van der Waals surface area contributed by atoms with Crippen LogP contribution in [0.3, 0.4) is 0 Å². The highest BCUT2D eigenvalue weighted by Crippen LogP contribution is 2.26. The molecule has 7 nitrogen and oxygen atoms in total. The van der Waals surface area contributed by atoms with Gasteiger partial charge in [-0.2, -0.15) is 5.10 Å². The molecule has 1 N–H and O–H groups in total. The van der Waals surface area contributed by atoms with Crippen LogP contribution in [-0.2, 0) is 26.4 Å². The fourth-order valence-corrected chi connectivity index (χ4v) is 4.17. The largest absolute Gasteiger partial charge is 0.357 e. The average Bonchev–Trinajstić information content (AvgIpc) is 3.39. The van der Waals surface area contributed by atoms with Crippen LogP contribution in [0.2, 0.25) is 0 Å². The van der Waals surface area contributed by atoms with Crippen molar-refractivity contribution in [3.05, 3.63) is 35.7 Å². The van der Waals surface area contributed by atoms with Crippen LogP contribution in [0, 0.1) is 0 Å². The van der Waals surface area contributed by atoms with Crippen molar-refractivity contribution in [3.8, 4) is 0 Å². The van der Waals surface area contributed by atoms with Crippen LogP contribution in [0.15, 0.2) is 23.6 Å². The molecule has 1 atom stereocenters. The van der Waals surface area contributed by atoms with E-state index >= 15 is 0 Å². The Hall–Kier alpha value is -1.58. The molecule has 0 spiro atoms. The second kappa shape index (κ2) is 9.76. The first-order valence-electron chi connectivity index (χ1n) is 10.3. The lowest BCUT2D eigenvalue weighted by Crippen LogP contribution is -2.40. The van der Waals surface area contributed by atoms with Crippen LogP contribution in [0.4, 0.5) is 0 Å². The van der Waals surface area contributed by atoms with E-state index in [1.807, 2.05) is 17.9 Å². The smallest absolute Gasteiger partial charge is 0.193 e. The number of nitrogens with one attached hydrogen (secondary N) is 1. The van der Waals surface area contributed by atoms with Gasteiger partial charge in [0.15, 0.2) is 5.96 Å². The lowest BCUT2D eigenvalue weighted by molar-refractivity contribution is 0.486. The fourth-order valence-electron chi connectivity index (χ4n) is 4.17. The third-order valence-corrected chi connectivity index (χ3v) is 5.61. The lowest BCUT2D eigenvalue weighted by atomic mass is 10.0. The summed E-state index contributed by atoms with van der Waals surface area (Å²) >= 11 is 0. The van der Waals surface area contributed by atoms with Crippen molar-refractivity contribution in [3.63, 3.8) is 0 Å². The molecule has 1 fully saturated rings. The normalized spacial score (nSPS) is 19.4. The highest BCUT2D eigenvalue weighted by atomic mass is 127. The fraction of sp³-hybridized carbons (Fsp3) is 0.650. The van der Waals surface area contributed by atoms with Crippen molar-refractivity contribution in [2.45, 2.75) is 51.5 Å². The monoisotopic (exact) mass is 497 g/mol. The van der Waals surface area contributed by atoms with Gasteiger partial charge in [0.2, 0.25) is 0 Å². The Morgan fingerprint density at radius 1 is 1.29 bits per heavy atom. The molecule has 2 aliphatic rings. The summed E-state index contributed by atoms with van der Waals surface area (Å²) in [5.41, 5.74) is 2.51. The van der Waals surface area contributed by atoms with Gasteiger partial charge in [-0.25, -0.2) is 4.98 Å². The first-order valence-corrected chi connectivity index (χ1v) is 10.3. The van der Waals surface area contributed by atoms with Crippen molar-refractivity contribution in [1.82, 2.24) is 29.5 Å². The van der Waals surface area contributed by atoms with E-state index in [0.717, 1.165) is 57.9 Å². The molecule has 2 aliphatic heterocycles. The van der Waals surface area contributed by atoms with Gasteiger partial charge in [-0.15, -0.1) is 24.0 Å². The number of rotatable bonds is 5. The van der Waals surface area contributed by atoms with Gasteiger partial charge in [0.25, 0.3) is 0 Å². The van der Waals surface area contributed by atoms with E-state index in [4.69, 9.17) is 9.98 Å². The van der Waals surface area contributed by atoms with E-state index in [2.05, 4.69) is 39.2 Å². The van der Waals surface area contributed by atoms with Crippen LogP contribution in [0.25, 0.3) is 0 Å². The predicted molar refractivity (Wildman–Crippen MR) is 122 cm³/mol. The third kappa shape index (κ3) is 4.87. The van der Waals surface area contributed by atoms with Crippen LogP contribution >= 0.6 is 24.0 Å². The molecular weight excluding hydrogens is 465 g/mol. The topological polar surface area (TPSA) is 63.3 Å². The zero-order valence-corrected chi connectivity index (χ0v) is 19.3. The van der Waals surface area contributed by atoms with Gasteiger partial charge in [0.1, 0.15) is 5.82 Å². The Morgan fingerprint density at radius 3 is 2.93 bits per heavy atom. The summed E-state index contributed by atoms with van der Waals surface area (Å²) in [5.74, 6) is 2.83. The molecular formula is C20H32IN7. The highest BCUT2D eigenvalue weighted by Gasteiger charge is 2.26. The van der Waals surface area contributed by atoms with Crippen LogP contribution in [0.5, 0.6) is 0 Å². The van der Waals surface area contributed by atoms with E-state index in [-0.39, 0.29) is 24.0 Å². The molecule has 4 heterocycles. The standard InChI is InChI=1S/C20H31N7.HI/c1-3-21-20(27-11-8-16(14-27)17-12-23-25(2)13-17)22-9-7-18-15-26-10-5-4-6-19(26)24-18;/h12-13,15-16H,3-11,14H2,1-2H3,(H,21,22);1H. The SMILES string of the molecule is CCNC(=NCCc1cn2c(n1)CCCC2)N1CCC(c2cnn(C)c2)C1.I. The molecule has 4 rings (SSSR count). The van der Waals surface area contributed by atoms with Crippen LogP contribution in [0.1, 0.15) is 49.2 Å². The molecule has 0 aliphatic carbocycles. The lowest BCUT2D eigenvalue weighted by Gasteiger charge is -2.21. The molecule has 1 saturated heterocycles. The Labute approximate surface area is 184 Å². The number of nitrogens with zero attached hydrogens (tertiary/aromatic N) is 6. The first kappa shape index (κ1) is 21.1. The molecule has 2 aromatic heterocycles. The quantitative estimate of drug-likeness (QED) is 0.392. The van der Waals surface area contributed by atoms with Gasteiger partial charge < -0.3 is 14.8 Å². The Morgan fingerprint density at radius 2 is 2.18 bits per heavy atom. The minimum absolute atomic E-state index is 0. The van der Waals surface area contributed by atoms with Crippen molar-refractivity contribution >= 4 is 29.9 Å². The summed E-state index contributed by atoms with van der Waals surface area (Å²) in [4.78, 5) is 12.1. The molecule has 28 heavy (non-hydrogen) atoms. The average molecular weight is 497 g/mol. The zero-order chi connectivity index (χ0) is 18.6. The number of fused-ring (bicyclic) bond motifs is 1. The Bertz CT molecular complexity index is 771. The summed E-state index contributed by atoms with van der Waals surface area (Å²) in [6.45, 7) is 6.99. The number of likely N-dealkylation sites (tertiary alicyclic amines) is 1. The molecule has 2 aromatic rings. The number of aliphatic imine (C=N–C) groups is 1. The number of imidazole rings is 1. The zero-order valence-electron chi connectivity index (χ0n) is 17.0. The maximum atomic E-state index is 4.89. The molecule has 1 unspecified atom stereocenters. The van der Waals surface area contributed by atoms with Gasteiger partial charge in [-0.1, -0.05) is 0 Å². The predicted octanol–water partition coefficient (Wildman–Crippen LogP) is 2.57. The number of aromatic nitrogens is 4. The van der Waals surface area contributed by atoms with E-state index < -0.39 is 0 Å². The minimum Gasteiger partial charge on any atom is -0.357 e. The molecule has 154 valence electrons. The first-order chi connectivity index (χ1) is 13.2. The van der Waals surface area contributed by atoms with Gasteiger partial charge in [-0.3, -0.25) is 9.67 Å². The van der Waals surface area contributed by atoms with E-state index in [1.54, 1.807) is 0 Å². The summed E-state index contributed by atoms with van der Waals surface area (Å²) in [6, 6.07) is 0. The summed E-state index contributed by atoms with van der Waals surface area (Å²) in [5, 5.41) is 7.79. The van der Waals surface area contributed by atoms with Crippen molar-refractivity contribution in [2.24, 2.45) is 12.0 Å². The number of aryl methyl sites for hydroxylation is 3. The van der Waals surface area contributed by atoms with Gasteiger partial charge in [-0.05, 0) is 31.7 Å². The summed E-state index contributed by atoms with van der Waals surface area (Å²) in [7, 11) is 1.98. The second-order valence-electron chi connectivity index (χ2n) is 7.66. The number of hydrogen-bond donors (Lipinski definition) is 1. The molecule has 0 saturated carbocycles. The Balaban J connectivity index is 0.00000225. The van der Waals surface area contributed by atoms with Crippen LogP contribution < -0.4 is 5.32 Å². The van der Waals surface area contributed by atoms with E-state index in [9.17, 15) is 0 Å². The molecule has 8 heteroatoms. The van der Waals surface area contributed by atoms with E-state index in [0.29, 0.717) is 5.92 Å².